The smallest absolute Gasteiger partial charge is 0.269 e. The molecule has 2 atom stereocenters. The van der Waals surface area contributed by atoms with Gasteiger partial charge in [-0.3, -0.25) is 9.69 Å². The standard InChI is InChI=1S/C18H30N4O2/c1-2-22-8-7-16(19-10-13-3-4-13)18(12-22)9-15(21-24-18)17(23)20-11-14-5-6-14/h13-14,16,19H,2-12H2,1H3,(H,20,23). The van der Waals surface area contributed by atoms with E-state index in [4.69, 9.17) is 4.84 Å². The summed E-state index contributed by atoms with van der Waals surface area (Å²) in [6, 6.07) is 0.290. The predicted molar refractivity (Wildman–Crippen MR) is 92.8 cm³/mol. The molecule has 1 saturated heterocycles. The Kier molecular flexibility index (Phi) is 4.52. The lowest BCUT2D eigenvalue weighted by Gasteiger charge is -2.44. The van der Waals surface area contributed by atoms with Gasteiger partial charge in [-0.15, -0.1) is 0 Å². The van der Waals surface area contributed by atoms with Crippen LogP contribution in [-0.4, -0.2) is 60.9 Å². The maximum atomic E-state index is 12.4. The third kappa shape index (κ3) is 3.59. The Labute approximate surface area is 144 Å². The number of likely N-dealkylation sites (N-methyl/N-ethyl adjacent to an activating group) is 1. The molecule has 134 valence electrons. The van der Waals surface area contributed by atoms with E-state index in [1.807, 2.05) is 0 Å². The first-order valence-corrected chi connectivity index (χ1v) is 9.67. The molecule has 1 amide bonds. The number of carbonyl (C=O) groups is 1. The average Bonchev–Trinajstić information content (AvgIpc) is 3.51. The lowest BCUT2D eigenvalue weighted by Crippen LogP contribution is -2.62. The van der Waals surface area contributed by atoms with E-state index in [1.165, 1.54) is 25.7 Å². The van der Waals surface area contributed by atoms with Gasteiger partial charge in [0.1, 0.15) is 5.71 Å². The SMILES string of the molecule is CCN1CCC(NCC2CC2)C2(CC(C(=O)NCC3CC3)=NO2)C1. The van der Waals surface area contributed by atoms with E-state index in [1.54, 1.807) is 0 Å². The molecule has 6 heteroatoms. The number of oxime groups is 1. The minimum Gasteiger partial charge on any atom is -0.385 e. The molecule has 6 nitrogen and oxygen atoms in total. The van der Waals surface area contributed by atoms with E-state index in [2.05, 4.69) is 27.6 Å². The third-order valence-corrected chi connectivity index (χ3v) is 5.97. The summed E-state index contributed by atoms with van der Waals surface area (Å²) >= 11 is 0. The first kappa shape index (κ1) is 16.3. The van der Waals surface area contributed by atoms with Gasteiger partial charge >= 0.3 is 0 Å². The van der Waals surface area contributed by atoms with Crippen molar-refractivity contribution in [3.05, 3.63) is 0 Å². The molecule has 0 aromatic heterocycles. The van der Waals surface area contributed by atoms with Crippen molar-refractivity contribution in [2.45, 2.75) is 57.1 Å². The van der Waals surface area contributed by atoms with Crippen LogP contribution in [0, 0.1) is 11.8 Å². The Balaban J connectivity index is 1.38. The quantitative estimate of drug-likeness (QED) is 0.732. The Morgan fingerprint density at radius 3 is 2.71 bits per heavy atom. The van der Waals surface area contributed by atoms with Crippen LogP contribution in [0.3, 0.4) is 0 Å². The summed E-state index contributed by atoms with van der Waals surface area (Å²) in [5.41, 5.74) is 0.210. The molecule has 2 unspecified atom stereocenters. The Morgan fingerprint density at radius 1 is 1.25 bits per heavy atom. The number of hydrogen-bond acceptors (Lipinski definition) is 5. The summed E-state index contributed by atoms with van der Waals surface area (Å²) in [5.74, 6) is 1.49. The molecule has 2 aliphatic heterocycles. The highest BCUT2D eigenvalue weighted by atomic mass is 16.7. The fourth-order valence-corrected chi connectivity index (χ4v) is 3.88. The molecule has 3 fully saturated rings. The van der Waals surface area contributed by atoms with Crippen molar-refractivity contribution in [3.8, 4) is 0 Å². The number of piperidine rings is 1. The van der Waals surface area contributed by atoms with Crippen molar-refractivity contribution in [2.24, 2.45) is 17.0 Å². The maximum absolute atomic E-state index is 12.4. The van der Waals surface area contributed by atoms with Gasteiger partial charge in [0.15, 0.2) is 5.60 Å². The molecule has 0 aromatic rings. The van der Waals surface area contributed by atoms with Crippen LogP contribution in [0.2, 0.25) is 0 Å². The van der Waals surface area contributed by atoms with E-state index < -0.39 is 0 Å². The van der Waals surface area contributed by atoms with Gasteiger partial charge in [-0.25, -0.2) is 0 Å². The molecule has 1 spiro atoms. The second-order valence-corrected chi connectivity index (χ2v) is 8.09. The van der Waals surface area contributed by atoms with Crippen molar-refractivity contribution in [3.63, 3.8) is 0 Å². The molecule has 0 bridgehead atoms. The number of carbonyl (C=O) groups excluding carboxylic acids is 1. The van der Waals surface area contributed by atoms with Crippen LogP contribution in [0.15, 0.2) is 5.16 Å². The van der Waals surface area contributed by atoms with Crippen LogP contribution in [0.4, 0.5) is 0 Å². The van der Waals surface area contributed by atoms with Crippen molar-refractivity contribution < 1.29 is 9.63 Å². The lowest BCUT2D eigenvalue weighted by molar-refractivity contribution is -0.115. The summed E-state index contributed by atoms with van der Waals surface area (Å²) in [4.78, 5) is 20.8. The van der Waals surface area contributed by atoms with Gasteiger partial charge in [0.2, 0.25) is 0 Å². The fraction of sp³-hybridized carbons (Fsp3) is 0.889. The minimum atomic E-state index is -0.366. The van der Waals surface area contributed by atoms with E-state index in [9.17, 15) is 4.79 Å². The zero-order valence-corrected chi connectivity index (χ0v) is 14.7. The van der Waals surface area contributed by atoms with Gasteiger partial charge in [-0.05, 0) is 63.6 Å². The molecule has 24 heavy (non-hydrogen) atoms. The molecule has 4 rings (SSSR count). The summed E-state index contributed by atoms with van der Waals surface area (Å²) in [6.07, 6.45) is 6.87. The molecule has 2 saturated carbocycles. The number of nitrogens with one attached hydrogen (secondary N) is 2. The van der Waals surface area contributed by atoms with E-state index >= 15 is 0 Å². The molecular weight excluding hydrogens is 304 g/mol. The number of hydrogen-bond donors (Lipinski definition) is 2. The van der Waals surface area contributed by atoms with E-state index in [0.29, 0.717) is 24.1 Å². The number of nitrogens with zero attached hydrogens (tertiary/aromatic N) is 2. The van der Waals surface area contributed by atoms with Gasteiger partial charge in [0.25, 0.3) is 5.91 Å². The van der Waals surface area contributed by atoms with Crippen molar-refractivity contribution in [1.29, 1.82) is 0 Å². The van der Waals surface area contributed by atoms with E-state index in [-0.39, 0.29) is 11.5 Å². The Morgan fingerprint density at radius 2 is 2.00 bits per heavy atom. The molecule has 0 radical (unpaired) electrons. The van der Waals surface area contributed by atoms with Crippen LogP contribution in [0.5, 0.6) is 0 Å². The predicted octanol–water partition coefficient (Wildman–Crippen LogP) is 1.12. The molecule has 2 N–H and O–H groups in total. The Hall–Kier alpha value is -1.14. The first-order chi connectivity index (χ1) is 11.7. The summed E-state index contributed by atoms with van der Waals surface area (Å²) in [6.45, 7) is 7.01. The third-order valence-electron chi connectivity index (χ3n) is 5.97. The van der Waals surface area contributed by atoms with Gasteiger partial charge in [-0.1, -0.05) is 12.1 Å². The molecule has 0 aromatic carbocycles. The van der Waals surface area contributed by atoms with Crippen molar-refractivity contribution in [2.75, 3.05) is 32.7 Å². The van der Waals surface area contributed by atoms with Gasteiger partial charge in [0, 0.05) is 19.5 Å². The summed E-state index contributed by atoms with van der Waals surface area (Å²) < 4.78 is 0. The molecule has 2 heterocycles. The van der Waals surface area contributed by atoms with Crippen LogP contribution in [-0.2, 0) is 9.63 Å². The zero-order valence-electron chi connectivity index (χ0n) is 14.7. The second-order valence-electron chi connectivity index (χ2n) is 8.09. The molecule has 2 aliphatic carbocycles. The number of likely N-dealkylation sites (tertiary alicyclic amines) is 1. The van der Waals surface area contributed by atoms with Crippen LogP contribution >= 0.6 is 0 Å². The van der Waals surface area contributed by atoms with E-state index in [0.717, 1.165) is 45.1 Å². The van der Waals surface area contributed by atoms with Gasteiger partial charge < -0.3 is 15.5 Å². The minimum absolute atomic E-state index is 0.0339. The normalized spacial score (nSPS) is 33.4. The monoisotopic (exact) mass is 334 g/mol. The highest BCUT2D eigenvalue weighted by Gasteiger charge is 2.51. The summed E-state index contributed by atoms with van der Waals surface area (Å²) in [7, 11) is 0. The fourth-order valence-electron chi connectivity index (χ4n) is 3.88. The number of rotatable bonds is 7. The second kappa shape index (κ2) is 6.64. The zero-order chi connectivity index (χ0) is 16.6. The average molecular weight is 334 g/mol. The van der Waals surface area contributed by atoms with Crippen LogP contribution < -0.4 is 10.6 Å². The van der Waals surface area contributed by atoms with Crippen molar-refractivity contribution >= 4 is 11.6 Å². The topological polar surface area (TPSA) is 66.0 Å². The number of amides is 1. The largest absolute Gasteiger partial charge is 0.385 e. The van der Waals surface area contributed by atoms with Crippen LogP contribution in [0.1, 0.15) is 45.4 Å². The lowest BCUT2D eigenvalue weighted by atomic mass is 9.83. The Bertz CT molecular complexity index is 515. The van der Waals surface area contributed by atoms with Crippen molar-refractivity contribution in [1.82, 2.24) is 15.5 Å². The van der Waals surface area contributed by atoms with Gasteiger partial charge in [0.05, 0.1) is 6.04 Å². The van der Waals surface area contributed by atoms with Crippen LogP contribution in [0.25, 0.3) is 0 Å². The maximum Gasteiger partial charge on any atom is 0.269 e. The molecule has 4 aliphatic rings. The molecular formula is C18H30N4O2. The van der Waals surface area contributed by atoms with Gasteiger partial charge in [-0.2, -0.15) is 0 Å². The highest BCUT2D eigenvalue weighted by Crippen LogP contribution is 2.35. The first-order valence-electron chi connectivity index (χ1n) is 9.67. The summed E-state index contributed by atoms with van der Waals surface area (Å²) in [5, 5.41) is 11.0. The highest BCUT2D eigenvalue weighted by molar-refractivity contribution is 6.39.